The molecular formula is C32H56CuN8O3. The van der Waals surface area contributed by atoms with Gasteiger partial charge in [-0.3, -0.25) is 42.5 Å². The Morgan fingerprint density at radius 3 is 0.932 bits per heavy atom. The van der Waals surface area contributed by atoms with Crippen LogP contribution in [0.25, 0.3) is 0 Å². The van der Waals surface area contributed by atoms with Gasteiger partial charge in [0, 0.05) is 23.0 Å². The molecule has 9 aliphatic rings. The first-order valence-electron chi connectivity index (χ1n) is 18.2. The zero-order valence-electron chi connectivity index (χ0n) is 25.8. The van der Waals surface area contributed by atoms with Gasteiger partial charge in [0.25, 0.3) is 0 Å². The van der Waals surface area contributed by atoms with Crippen LogP contribution in [0.15, 0.2) is 0 Å². The van der Waals surface area contributed by atoms with E-state index >= 15 is 0 Å². The minimum absolute atomic E-state index is 0. The molecule has 0 spiro atoms. The SMILES string of the molecule is OC1CC2C3NC4NC(NC5NC(NC6NC(NC(N3)C2C(O)C1O)C1CCCCC61)C1CCCCC51)C1CCCCC41.[Cu]. The molecule has 0 amide bonds. The summed E-state index contributed by atoms with van der Waals surface area (Å²) in [5.41, 5.74) is 0. The molecule has 5 heterocycles. The molecule has 0 aromatic carbocycles. The van der Waals surface area contributed by atoms with Crippen LogP contribution in [0.1, 0.15) is 83.5 Å². The molecule has 4 aliphatic carbocycles. The minimum Gasteiger partial charge on any atom is -0.390 e. The maximum atomic E-state index is 11.4. The molecule has 44 heavy (non-hydrogen) atoms. The van der Waals surface area contributed by atoms with E-state index < -0.39 is 18.3 Å². The molecule has 1 radical (unpaired) electrons. The molecule has 8 bridgehead atoms. The largest absolute Gasteiger partial charge is 0.390 e. The van der Waals surface area contributed by atoms with E-state index in [1.54, 1.807) is 0 Å². The Kier molecular flexibility index (Phi) is 8.92. The van der Waals surface area contributed by atoms with Gasteiger partial charge in [0.05, 0.1) is 61.5 Å². The zero-order valence-corrected chi connectivity index (χ0v) is 26.7. The molecule has 0 aromatic heterocycles. The van der Waals surface area contributed by atoms with Crippen molar-refractivity contribution in [1.82, 2.24) is 42.5 Å². The number of hydrogen-bond donors (Lipinski definition) is 11. The fraction of sp³-hybridized carbons (Fsp3) is 1.00. The average molecular weight is 664 g/mol. The van der Waals surface area contributed by atoms with Gasteiger partial charge < -0.3 is 15.3 Å². The van der Waals surface area contributed by atoms with Crippen molar-refractivity contribution in [2.24, 2.45) is 47.3 Å². The maximum absolute atomic E-state index is 11.4. The second kappa shape index (κ2) is 12.5. The number of aliphatic hydroxyl groups is 3. The molecule has 19 atom stereocenters. The quantitative estimate of drug-likeness (QED) is 0.152. The van der Waals surface area contributed by atoms with Crippen molar-refractivity contribution in [3.63, 3.8) is 0 Å². The third kappa shape index (κ3) is 5.18. The first-order valence-corrected chi connectivity index (χ1v) is 18.2. The van der Waals surface area contributed by atoms with Crippen LogP contribution < -0.4 is 42.5 Å². The molecule has 0 aromatic rings. The molecule has 12 heteroatoms. The van der Waals surface area contributed by atoms with Crippen molar-refractivity contribution >= 4 is 0 Å². The smallest absolute Gasteiger partial charge is 0.106 e. The van der Waals surface area contributed by atoms with E-state index in [2.05, 4.69) is 42.5 Å². The van der Waals surface area contributed by atoms with Crippen LogP contribution in [0, 0.1) is 47.3 Å². The number of rotatable bonds is 0. The van der Waals surface area contributed by atoms with Crippen molar-refractivity contribution in [1.29, 1.82) is 0 Å². The Morgan fingerprint density at radius 1 is 0.341 bits per heavy atom. The maximum Gasteiger partial charge on any atom is 0.106 e. The molecule has 19 unspecified atom stereocenters. The van der Waals surface area contributed by atoms with E-state index in [1.807, 2.05) is 0 Å². The predicted molar refractivity (Wildman–Crippen MR) is 161 cm³/mol. The summed E-state index contributed by atoms with van der Waals surface area (Å²) < 4.78 is 0. The molecule has 5 aliphatic heterocycles. The first kappa shape index (κ1) is 31.4. The van der Waals surface area contributed by atoms with Gasteiger partial charge in [-0.2, -0.15) is 0 Å². The molecule has 253 valence electrons. The van der Waals surface area contributed by atoms with Gasteiger partial charge in [0.15, 0.2) is 0 Å². The zero-order chi connectivity index (χ0) is 28.8. The first-order chi connectivity index (χ1) is 21.0. The third-order valence-corrected chi connectivity index (χ3v) is 14.0. The summed E-state index contributed by atoms with van der Waals surface area (Å²) in [6, 6.07) is 0. The Labute approximate surface area is 272 Å². The van der Waals surface area contributed by atoms with Crippen molar-refractivity contribution in [2.45, 2.75) is 151 Å². The molecule has 5 saturated heterocycles. The Balaban J connectivity index is 0.00000289. The second-order valence-corrected chi connectivity index (χ2v) is 16.0. The summed E-state index contributed by atoms with van der Waals surface area (Å²) in [7, 11) is 0. The topological polar surface area (TPSA) is 157 Å². The summed E-state index contributed by atoms with van der Waals surface area (Å²) in [6.45, 7) is 0. The molecule has 4 saturated carbocycles. The van der Waals surface area contributed by atoms with Crippen molar-refractivity contribution in [3.8, 4) is 0 Å². The Hall–Kier alpha value is 0.0795. The van der Waals surface area contributed by atoms with Gasteiger partial charge in [-0.05, 0) is 86.4 Å². The van der Waals surface area contributed by atoms with Gasteiger partial charge in [-0.25, -0.2) is 0 Å². The van der Waals surface area contributed by atoms with Crippen molar-refractivity contribution < 1.29 is 32.4 Å². The second-order valence-electron chi connectivity index (χ2n) is 16.0. The van der Waals surface area contributed by atoms with Crippen LogP contribution in [0.4, 0.5) is 0 Å². The predicted octanol–water partition coefficient (Wildman–Crippen LogP) is -0.484. The molecule has 11 N–H and O–H groups in total. The fourth-order valence-electron chi connectivity index (χ4n) is 12.0. The van der Waals surface area contributed by atoms with Crippen molar-refractivity contribution in [3.05, 3.63) is 0 Å². The molecular weight excluding hydrogens is 608 g/mol. The summed E-state index contributed by atoms with van der Waals surface area (Å²) >= 11 is 0. The van der Waals surface area contributed by atoms with Crippen LogP contribution in [-0.4, -0.2) is 83.0 Å². The third-order valence-electron chi connectivity index (χ3n) is 14.0. The normalized spacial score (nSPS) is 58.3. The average Bonchev–Trinajstić information content (AvgIpc) is 3.75. The van der Waals surface area contributed by atoms with E-state index in [-0.39, 0.29) is 65.9 Å². The number of fused-ring (bicyclic) bond motifs is 20. The van der Waals surface area contributed by atoms with E-state index in [1.165, 1.54) is 77.0 Å². The Morgan fingerprint density at radius 2 is 0.614 bits per heavy atom. The van der Waals surface area contributed by atoms with Crippen LogP contribution in [0.5, 0.6) is 0 Å². The van der Waals surface area contributed by atoms with Crippen LogP contribution in [-0.2, 0) is 17.1 Å². The summed E-state index contributed by atoms with van der Waals surface area (Å²) in [5.74, 6) is 3.41. The molecule has 9 fully saturated rings. The summed E-state index contributed by atoms with van der Waals surface area (Å²) in [5, 5.41) is 65.3. The van der Waals surface area contributed by atoms with E-state index in [0.717, 1.165) is 0 Å². The summed E-state index contributed by atoms with van der Waals surface area (Å²) in [6.07, 6.45) is 14.1. The van der Waals surface area contributed by atoms with Gasteiger partial charge >= 0.3 is 0 Å². The van der Waals surface area contributed by atoms with Gasteiger partial charge in [-0.15, -0.1) is 0 Å². The summed E-state index contributed by atoms with van der Waals surface area (Å²) in [4.78, 5) is 0. The molecule has 11 nitrogen and oxygen atoms in total. The number of nitrogens with one attached hydrogen (secondary N) is 8. The van der Waals surface area contributed by atoms with Gasteiger partial charge in [-0.1, -0.05) is 38.5 Å². The standard InChI is InChI=1S/C32H56N8O3.Cu/c41-21-13-20-22(24(43)23(21)42)32-39-30-19-12-6-5-11-18(19)28(37-30)35-26-15-8-2-1-7-14(15)25(33-26)34-27-16-9-3-4-10-17(16)29(36-27)38-31(20)40-32;/h14-43H,1-13H2;. The fourth-order valence-corrected chi connectivity index (χ4v) is 12.0. The van der Waals surface area contributed by atoms with Crippen LogP contribution in [0.3, 0.4) is 0 Å². The van der Waals surface area contributed by atoms with E-state index in [4.69, 9.17) is 0 Å². The Bertz CT molecular complexity index is 1030. The number of hydrogen-bond acceptors (Lipinski definition) is 11. The van der Waals surface area contributed by atoms with Gasteiger partial charge in [0.2, 0.25) is 0 Å². The van der Waals surface area contributed by atoms with Crippen molar-refractivity contribution in [2.75, 3.05) is 0 Å². The minimum atomic E-state index is -1.11. The van der Waals surface area contributed by atoms with E-state index in [0.29, 0.717) is 54.3 Å². The van der Waals surface area contributed by atoms with E-state index in [9.17, 15) is 15.3 Å². The monoisotopic (exact) mass is 663 g/mol. The van der Waals surface area contributed by atoms with Gasteiger partial charge in [0.1, 0.15) is 6.10 Å². The number of aliphatic hydroxyl groups excluding tert-OH is 3. The van der Waals surface area contributed by atoms with Crippen LogP contribution in [0.2, 0.25) is 0 Å². The van der Waals surface area contributed by atoms with Crippen LogP contribution >= 0.6 is 0 Å². The molecule has 9 rings (SSSR count).